The Morgan fingerprint density at radius 2 is 1.75 bits per heavy atom. The number of oxime groups is 1. The van der Waals surface area contributed by atoms with E-state index in [1.165, 1.54) is 0 Å². The highest BCUT2D eigenvalue weighted by Gasteiger charge is 2.65. The largest absolute Gasteiger partial charge is 0.459 e. The van der Waals surface area contributed by atoms with Crippen molar-refractivity contribution in [2.45, 2.75) is 87.5 Å². The van der Waals surface area contributed by atoms with Crippen molar-refractivity contribution in [1.82, 2.24) is 4.90 Å². The van der Waals surface area contributed by atoms with E-state index in [1.54, 1.807) is 29.8 Å². The van der Waals surface area contributed by atoms with Gasteiger partial charge >= 0.3 is 6.09 Å². The van der Waals surface area contributed by atoms with Crippen LogP contribution in [0.4, 0.5) is 4.79 Å². The Kier molecular flexibility index (Phi) is 15.2. The number of rotatable bonds is 20. The van der Waals surface area contributed by atoms with E-state index in [0.717, 1.165) is 58.7 Å². The summed E-state index contributed by atoms with van der Waals surface area (Å²) in [6.45, 7) is 7.00. The predicted molar refractivity (Wildman–Crippen MR) is 224 cm³/mol. The van der Waals surface area contributed by atoms with Gasteiger partial charge in [0.1, 0.15) is 37.0 Å². The number of benzene rings is 3. The zero-order valence-corrected chi connectivity index (χ0v) is 34.3. The monoisotopic (exact) mass is 798 g/mol. The van der Waals surface area contributed by atoms with E-state index in [2.05, 4.69) is 23.9 Å². The molecule has 3 aromatic rings. The number of thioether (sulfide) groups is 1. The number of aliphatic hydroxyl groups excluding tert-OH is 2. The third-order valence-electron chi connectivity index (χ3n) is 11.4. The number of carbonyl (C=O) groups is 1. The summed E-state index contributed by atoms with van der Waals surface area (Å²) in [7, 11) is 1.55. The molecule has 3 aromatic carbocycles. The molecule has 10 nitrogen and oxygen atoms in total. The molecule has 3 aliphatic rings. The van der Waals surface area contributed by atoms with E-state index in [1.807, 2.05) is 79.9 Å². The summed E-state index contributed by atoms with van der Waals surface area (Å²) in [5.74, 6) is 0.379. The fourth-order valence-electron chi connectivity index (χ4n) is 9.02. The van der Waals surface area contributed by atoms with Gasteiger partial charge in [-0.2, -0.15) is 0 Å². The maximum atomic E-state index is 14.4. The minimum Gasteiger partial charge on any atom is -0.459 e. The van der Waals surface area contributed by atoms with Crippen molar-refractivity contribution >= 4 is 23.6 Å². The molecule has 306 valence electrons. The Bertz CT molecular complexity index is 1840. The van der Waals surface area contributed by atoms with Gasteiger partial charge in [0, 0.05) is 42.6 Å². The van der Waals surface area contributed by atoms with E-state index in [-0.39, 0.29) is 44.2 Å². The predicted octanol–water partition coefficient (Wildman–Crippen LogP) is 9.51. The standard InChI is InChI=1S/C46H58N2O8S/c1-5-24-48(45(51)53-31-32-14-8-7-9-15-32)42-30-40(47-52-3)38-28-33(16-10-12-25-49)37(17-11-13-26-50)43-39-29-35(55-34-18-21-36(57-4)22-19-34)20-23-41(39)56-46(42,44(38)43)54-27-6-2/h6-9,14-15,18-23,28-29,33,37,42-44,49-50H,2,5,10-13,16-17,24-27,30-31H2,1,3-4H3. The van der Waals surface area contributed by atoms with Crippen LogP contribution in [0, 0.1) is 17.8 Å². The second kappa shape index (κ2) is 20.4. The lowest BCUT2D eigenvalue weighted by Gasteiger charge is -2.59. The van der Waals surface area contributed by atoms with Crippen molar-refractivity contribution in [1.29, 1.82) is 0 Å². The van der Waals surface area contributed by atoms with E-state index in [9.17, 15) is 15.0 Å². The molecule has 1 saturated carbocycles. The highest BCUT2D eigenvalue weighted by molar-refractivity contribution is 7.98. The molecule has 2 N–H and O–H groups in total. The number of allylic oxidation sites excluding steroid dienone is 1. The van der Waals surface area contributed by atoms with E-state index < -0.39 is 23.8 Å². The molecule has 57 heavy (non-hydrogen) atoms. The maximum Gasteiger partial charge on any atom is 0.410 e. The molecule has 1 fully saturated rings. The van der Waals surface area contributed by atoms with Crippen LogP contribution in [0.15, 0.2) is 107 Å². The van der Waals surface area contributed by atoms with Gasteiger partial charge in [0.05, 0.1) is 18.2 Å². The van der Waals surface area contributed by atoms with Crippen molar-refractivity contribution in [3.05, 3.63) is 108 Å². The van der Waals surface area contributed by atoms with Crippen LogP contribution in [-0.4, -0.2) is 78.5 Å². The van der Waals surface area contributed by atoms with Crippen LogP contribution >= 0.6 is 11.8 Å². The maximum absolute atomic E-state index is 14.4. The molecule has 0 bridgehead atoms. The normalized spacial score (nSPS) is 24.1. The van der Waals surface area contributed by atoms with Gasteiger partial charge in [0.25, 0.3) is 0 Å². The Morgan fingerprint density at radius 1 is 1.02 bits per heavy atom. The molecule has 2 aliphatic carbocycles. The average Bonchev–Trinajstić information content (AvgIpc) is 3.23. The summed E-state index contributed by atoms with van der Waals surface area (Å²) in [6, 6.07) is 23.0. The van der Waals surface area contributed by atoms with Crippen LogP contribution in [0.5, 0.6) is 17.2 Å². The molecule has 6 rings (SSSR count). The number of aliphatic hydroxyl groups is 2. The number of fused-ring (bicyclic) bond motifs is 2. The zero-order valence-electron chi connectivity index (χ0n) is 33.5. The number of unbranched alkanes of at least 4 members (excludes halogenated alkanes) is 2. The Balaban J connectivity index is 1.53. The van der Waals surface area contributed by atoms with Crippen molar-refractivity contribution < 1.29 is 38.8 Å². The molecule has 0 radical (unpaired) electrons. The fourth-order valence-corrected chi connectivity index (χ4v) is 9.43. The minimum atomic E-state index is -1.35. The van der Waals surface area contributed by atoms with Crippen LogP contribution in [0.1, 0.15) is 75.3 Å². The fraction of sp³-hybridized carbons (Fsp3) is 0.478. The van der Waals surface area contributed by atoms with E-state index in [0.29, 0.717) is 43.7 Å². The molecular formula is C46H58N2O8S. The first-order chi connectivity index (χ1) is 27.9. The van der Waals surface area contributed by atoms with E-state index in [4.69, 9.17) is 23.8 Å². The quantitative estimate of drug-likeness (QED) is 0.0499. The zero-order chi connectivity index (χ0) is 40.2. The third-order valence-corrected chi connectivity index (χ3v) is 12.2. The van der Waals surface area contributed by atoms with Crippen molar-refractivity contribution in [2.24, 2.45) is 22.9 Å². The molecule has 6 unspecified atom stereocenters. The lowest BCUT2D eigenvalue weighted by Crippen LogP contribution is -2.70. The van der Waals surface area contributed by atoms with Gasteiger partial charge < -0.3 is 34.0 Å². The molecule has 1 aliphatic heterocycles. The second-order valence-corrected chi connectivity index (χ2v) is 15.8. The van der Waals surface area contributed by atoms with Gasteiger partial charge in [0.15, 0.2) is 0 Å². The van der Waals surface area contributed by atoms with E-state index >= 15 is 0 Å². The number of ether oxygens (including phenoxy) is 4. The topological polar surface area (TPSA) is 119 Å². The van der Waals surface area contributed by atoms with Crippen LogP contribution in [0.3, 0.4) is 0 Å². The SMILES string of the molecule is C=CCOC12Oc3ccc(Oc4ccc(SC)cc4)cc3C3C(CCCCO)C(CCCCO)C=C(C(=NOC)CC1N(CCC)C(=O)OCc1ccccc1)C32. The molecule has 0 saturated heterocycles. The Morgan fingerprint density at radius 3 is 2.44 bits per heavy atom. The molecular weight excluding hydrogens is 741 g/mol. The summed E-state index contributed by atoms with van der Waals surface area (Å²) in [6.07, 6.45) is 11.4. The van der Waals surface area contributed by atoms with Gasteiger partial charge in [-0.15, -0.1) is 18.3 Å². The molecule has 11 heteroatoms. The van der Waals surface area contributed by atoms with Gasteiger partial charge in [0.2, 0.25) is 5.79 Å². The average molecular weight is 799 g/mol. The summed E-state index contributed by atoms with van der Waals surface area (Å²) in [5.41, 5.74) is 3.60. The Labute approximate surface area is 341 Å². The van der Waals surface area contributed by atoms with Crippen LogP contribution in [0.25, 0.3) is 0 Å². The van der Waals surface area contributed by atoms with Crippen LogP contribution < -0.4 is 9.47 Å². The molecule has 1 amide bonds. The molecule has 0 aromatic heterocycles. The number of amides is 1. The molecule has 0 spiro atoms. The summed E-state index contributed by atoms with van der Waals surface area (Å²) in [4.78, 5) is 22.9. The summed E-state index contributed by atoms with van der Waals surface area (Å²) in [5, 5.41) is 24.4. The summed E-state index contributed by atoms with van der Waals surface area (Å²) < 4.78 is 26.8. The van der Waals surface area contributed by atoms with Crippen molar-refractivity contribution in [2.75, 3.05) is 39.7 Å². The van der Waals surface area contributed by atoms with Crippen LogP contribution in [-0.2, 0) is 20.9 Å². The first-order valence-corrected chi connectivity index (χ1v) is 21.5. The highest BCUT2D eigenvalue weighted by atomic mass is 32.2. The van der Waals surface area contributed by atoms with Gasteiger partial charge in [-0.1, -0.05) is 67.4 Å². The lowest BCUT2D eigenvalue weighted by molar-refractivity contribution is -0.255. The smallest absolute Gasteiger partial charge is 0.410 e. The van der Waals surface area contributed by atoms with Gasteiger partial charge in [-0.05, 0) is 104 Å². The van der Waals surface area contributed by atoms with Gasteiger partial charge in [-0.3, -0.25) is 4.90 Å². The lowest BCUT2D eigenvalue weighted by atomic mass is 9.55. The molecule has 1 heterocycles. The minimum absolute atomic E-state index is 0.0988. The Hall–Kier alpha value is -4.29. The van der Waals surface area contributed by atoms with Crippen molar-refractivity contribution in [3.8, 4) is 17.2 Å². The van der Waals surface area contributed by atoms with Crippen LogP contribution in [0.2, 0.25) is 0 Å². The van der Waals surface area contributed by atoms with Crippen molar-refractivity contribution in [3.63, 3.8) is 0 Å². The first kappa shape index (κ1) is 42.3. The third kappa shape index (κ3) is 9.54. The molecule has 6 atom stereocenters. The summed E-state index contributed by atoms with van der Waals surface area (Å²) >= 11 is 1.68. The highest BCUT2D eigenvalue weighted by Crippen LogP contribution is 2.62. The second-order valence-electron chi connectivity index (χ2n) is 15.0. The number of carbonyl (C=O) groups excluding carboxylic acids is 1. The number of nitrogens with zero attached hydrogens (tertiary/aromatic N) is 2. The first-order valence-electron chi connectivity index (χ1n) is 20.3. The van der Waals surface area contributed by atoms with Gasteiger partial charge in [-0.25, -0.2) is 4.79 Å². The number of hydrogen-bond acceptors (Lipinski definition) is 10. The number of hydrogen-bond donors (Lipinski definition) is 2.